The second kappa shape index (κ2) is 19.8. The maximum Gasteiger partial charge on any atom is 0.408 e. The molecule has 5 aromatic rings. The summed E-state index contributed by atoms with van der Waals surface area (Å²) in [6, 6.07) is 27.4. The summed E-state index contributed by atoms with van der Waals surface area (Å²) in [6.07, 6.45) is -0.609. The Kier molecular flexibility index (Phi) is 14.2. The number of hydrogen-bond acceptors (Lipinski definition) is 9. The third-order valence-corrected chi connectivity index (χ3v) is 11.8. The van der Waals surface area contributed by atoms with Crippen LogP contribution in [0.2, 0.25) is 0 Å². The number of nitrogens with zero attached hydrogens (tertiary/aromatic N) is 2. The van der Waals surface area contributed by atoms with Crippen molar-refractivity contribution in [3.8, 4) is 11.3 Å². The second-order valence-corrected chi connectivity index (χ2v) is 19.2. The first-order valence-corrected chi connectivity index (χ1v) is 22.8. The molecule has 2 fully saturated rings. The minimum absolute atomic E-state index is 0.331. The van der Waals surface area contributed by atoms with Gasteiger partial charge in [-0.15, -0.1) is 0 Å². The van der Waals surface area contributed by atoms with Crippen LogP contribution in [0.15, 0.2) is 112 Å². The predicted molar refractivity (Wildman–Crippen MR) is 253 cm³/mol. The van der Waals surface area contributed by atoms with E-state index in [9.17, 15) is 28.8 Å². The van der Waals surface area contributed by atoms with Gasteiger partial charge in [0, 0.05) is 46.5 Å². The molecule has 15 nitrogen and oxygen atoms in total. The lowest BCUT2D eigenvalue weighted by atomic mass is 10.0. The molecular weight excluding hydrogens is 908 g/mol. The minimum Gasteiger partial charge on any atom is -0.455 e. The van der Waals surface area contributed by atoms with Gasteiger partial charge in [0.05, 0.1) is 4.47 Å². The van der Waals surface area contributed by atoms with Gasteiger partial charge < -0.3 is 45.0 Å². The molecule has 66 heavy (non-hydrogen) atoms. The van der Waals surface area contributed by atoms with Crippen molar-refractivity contribution in [2.24, 2.45) is 0 Å². The van der Waals surface area contributed by atoms with Crippen LogP contribution in [-0.4, -0.2) is 81.9 Å². The molecule has 2 aliphatic rings. The van der Waals surface area contributed by atoms with Gasteiger partial charge in [0.15, 0.2) is 0 Å². The van der Waals surface area contributed by atoms with Crippen molar-refractivity contribution < 1.29 is 42.7 Å². The van der Waals surface area contributed by atoms with E-state index in [-0.39, 0.29) is 11.8 Å². The average Bonchev–Trinajstić information content (AvgIpc) is 4.04. The van der Waals surface area contributed by atoms with Crippen LogP contribution in [-0.2, 0) is 28.7 Å². The molecule has 0 saturated carbocycles. The number of benzene rings is 4. The van der Waals surface area contributed by atoms with Crippen LogP contribution in [0.1, 0.15) is 90.5 Å². The number of nitrogens with one attached hydrogen (secondary N) is 4. The standard InChI is InChI=1S/C50H55BrN6O9/c1-49(2,3)55-48(63)65-42(31-17-11-8-12-18-31)46(61)57-28-14-20-37(57)43(58)52-33-23-21-32(22-24-33)41-39(51)35-29-34(25-26-38(35)64-41)53-44(59)36-19-13-27-56(36)45(60)40(30-15-9-7-10-16-30)54-47(62)66-50(4,5)6/h7-12,15-18,21-26,29,36-37,40,42H,13-14,19-20,27-28H2,1-6H3,(H,52,58)(H,53,59)(H,54,62)(H,55,63)/t36?,37-,40-,42+/m0/s1. The highest BCUT2D eigenvalue weighted by atomic mass is 79.9. The number of carbonyl (C=O) groups excluding carboxylic acids is 6. The molecular formula is C50H55BrN6O9. The summed E-state index contributed by atoms with van der Waals surface area (Å²) in [4.78, 5) is 84.3. The van der Waals surface area contributed by atoms with Crippen molar-refractivity contribution in [1.82, 2.24) is 20.4 Å². The normalized spacial score (nSPS) is 17.1. The summed E-state index contributed by atoms with van der Waals surface area (Å²) < 4.78 is 18.0. The van der Waals surface area contributed by atoms with Gasteiger partial charge in [-0.25, -0.2) is 9.59 Å². The number of alkyl carbamates (subject to hydrolysis) is 2. The summed E-state index contributed by atoms with van der Waals surface area (Å²) in [7, 11) is 0. The highest BCUT2D eigenvalue weighted by Crippen LogP contribution is 2.39. The van der Waals surface area contributed by atoms with Crippen LogP contribution in [0.4, 0.5) is 21.0 Å². The second-order valence-electron chi connectivity index (χ2n) is 18.5. The summed E-state index contributed by atoms with van der Waals surface area (Å²) in [6.45, 7) is 11.3. The number of ether oxygens (including phenoxy) is 2. The van der Waals surface area contributed by atoms with Crippen molar-refractivity contribution >= 4 is 74.1 Å². The van der Waals surface area contributed by atoms with Crippen LogP contribution < -0.4 is 21.3 Å². The molecule has 6 amide bonds. The maximum atomic E-state index is 14.1. The molecule has 4 atom stereocenters. The van der Waals surface area contributed by atoms with Crippen LogP contribution in [0, 0.1) is 0 Å². The van der Waals surface area contributed by atoms with Crippen LogP contribution in [0.5, 0.6) is 0 Å². The van der Waals surface area contributed by atoms with Gasteiger partial charge in [-0.1, -0.05) is 60.7 Å². The Morgan fingerprint density at radius 2 is 1.23 bits per heavy atom. The molecule has 16 heteroatoms. The Labute approximate surface area is 392 Å². The molecule has 2 aliphatic heterocycles. The monoisotopic (exact) mass is 962 g/mol. The Morgan fingerprint density at radius 3 is 1.80 bits per heavy atom. The fraction of sp³-hybridized carbons (Fsp3) is 0.360. The van der Waals surface area contributed by atoms with Gasteiger partial charge in [0.1, 0.15) is 35.1 Å². The first-order chi connectivity index (χ1) is 31.3. The largest absolute Gasteiger partial charge is 0.455 e. The number of carbonyl (C=O) groups is 6. The maximum absolute atomic E-state index is 14.1. The van der Waals surface area contributed by atoms with Crippen LogP contribution >= 0.6 is 15.9 Å². The summed E-state index contributed by atoms with van der Waals surface area (Å²) in [5.41, 5.74) is 1.99. The van der Waals surface area contributed by atoms with Crippen molar-refractivity contribution in [3.63, 3.8) is 0 Å². The van der Waals surface area contributed by atoms with Crippen molar-refractivity contribution in [2.45, 2.75) is 103 Å². The molecule has 0 radical (unpaired) electrons. The topological polar surface area (TPSA) is 189 Å². The number of hydrogen-bond donors (Lipinski definition) is 4. The molecule has 4 aromatic carbocycles. The Morgan fingerprint density at radius 1 is 0.682 bits per heavy atom. The number of amides is 6. The van der Waals surface area contributed by atoms with Gasteiger partial charge in [0.25, 0.3) is 11.8 Å². The molecule has 1 unspecified atom stereocenters. The lowest BCUT2D eigenvalue weighted by Crippen LogP contribution is -2.49. The van der Waals surface area contributed by atoms with Gasteiger partial charge >= 0.3 is 12.2 Å². The first kappa shape index (κ1) is 47.3. The van der Waals surface area contributed by atoms with E-state index < -0.39 is 59.4 Å². The molecule has 7 rings (SSSR count). The molecule has 3 heterocycles. The molecule has 4 N–H and O–H groups in total. The van der Waals surface area contributed by atoms with E-state index in [2.05, 4.69) is 37.2 Å². The van der Waals surface area contributed by atoms with Gasteiger partial charge in [-0.2, -0.15) is 0 Å². The highest BCUT2D eigenvalue weighted by Gasteiger charge is 2.41. The zero-order valence-electron chi connectivity index (χ0n) is 37.8. The number of rotatable bonds is 11. The summed E-state index contributed by atoms with van der Waals surface area (Å²) in [5.74, 6) is -1.09. The Hall–Kier alpha value is -6.68. The number of furan rings is 1. The lowest BCUT2D eigenvalue weighted by molar-refractivity contribution is -0.144. The van der Waals surface area contributed by atoms with E-state index >= 15 is 0 Å². The fourth-order valence-corrected chi connectivity index (χ4v) is 8.72. The molecule has 2 saturated heterocycles. The van der Waals surface area contributed by atoms with Gasteiger partial charge in [0.2, 0.25) is 17.9 Å². The molecule has 346 valence electrons. The highest BCUT2D eigenvalue weighted by molar-refractivity contribution is 9.10. The van der Waals surface area contributed by atoms with E-state index in [4.69, 9.17) is 13.9 Å². The zero-order chi connectivity index (χ0) is 47.3. The van der Waals surface area contributed by atoms with Crippen molar-refractivity contribution in [3.05, 3.63) is 119 Å². The summed E-state index contributed by atoms with van der Waals surface area (Å²) in [5, 5.41) is 12.1. The smallest absolute Gasteiger partial charge is 0.408 e. The minimum atomic E-state index is -1.24. The van der Waals surface area contributed by atoms with E-state index in [1.54, 1.807) is 118 Å². The average molecular weight is 964 g/mol. The fourth-order valence-electron chi connectivity index (χ4n) is 8.10. The number of likely N-dealkylation sites (tertiary alicyclic amines) is 2. The van der Waals surface area contributed by atoms with E-state index in [1.165, 1.54) is 9.80 Å². The van der Waals surface area contributed by atoms with Crippen molar-refractivity contribution in [2.75, 3.05) is 23.7 Å². The SMILES string of the molecule is CC(C)(C)NC(=O)O[C@@H](C(=O)N1CCC[C@H]1C(=O)Nc1ccc(-c2oc3ccc(NC(=O)C4CCCN4C(=O)[C@@H](NC(=O)OC(C)(C)C)c4ccccc4)cc3c2Br)cc1)c1ccccc1. The quantitative estimate of drug-likeness (QED) is 0.100. The zero-order valence-corrected chi connectivity index (χ0v) is 39.4. The number of halogens is 1. The third kappa shape index (κ3) is 11.4. The van der Waals surface area contributed by atoms with Crippen LogP contribution in [0.25, 0.3) is 22.3 Å². The Balaban J connectivity index is 1.01. The number of fused-ring (bicyclic) bond motifs is 1. The van der Waals surface area contributed by atoms with E-state index in [0.29, 0.717) is 88.0 Å². The van der Waals surface area contributed by atoms with Crippen LogP contribution in [0.3, 0.4) is 0 Å². The molecule has 1 aromatic heterocycles. The summed E-state index contributed by atoms with van der Waals surface area (Å²) >= 11 is 3.69. The number of anilines is 2. The van der Waals surface area contributed by atoms with Crippen molar-refractivity contribution in [1.29, 1.82) is 0 Å². The Bertz CT molecular complexity index is 2590. The van der Waals surface area contributed by atoms with Gasteiger partial charge in [-0.3, -0.25) is 19.2 Å². The lowest BCUT2D eigenvalue weighted by Gasteiger charge is -2.29. The first-order valence-electron chi connectivity index (χ1n) is 22.0. The third-order valence-electron chi connectivity index (χ3n) is 11.1. The molecule has 0 spiro atoms. The molecule has 0 aliphatic carbocycles. The molecule has 0 bridgehead atoms. The predicted octanol–water partition coefficient (Wildman–Crippen LogP) is 9.25. The van der Waals surface area contributed by atoms with E-state index in [0.717, 1.165) is 0 Å². The van der Waals surface area contributed by atoms with E-state index in [1.807, 2.05) is 26.8 Å². The van der Waals surface area contributed by atoms with Gasteiger partial charge in [-0.05, 0) is 131 Å².